The fourth-order valence-corrected chi connectivity index (χ4v) is 1.86. The van der Waals surface area contributed by atoms with Crippen molar-refractivity contribution in [2.75, 3.05) is 14.2 Å². The molecule has 0 fully saturated rings. The third kappa shape index (κ3) is 4.45. The fraction of sp³-hybridized carbons (Fsp3) is 0.143. The Morgan fingerprint density at radius 1 is 0.700 bits per heavy atom. The van der Waals surface area contributed by atoms with Gasteiger partial charge in [0.1, 0.15) is 11.5 Å². The molecule has 94 valence electrons. The van der Waals surface area contributed by atoms with Crippen molar-refractivity contribution >= 4 is 0 Å². The van der Waals surface area contributed by atoms with Crippen LogP contribution in [0.15, 0.2) is 36.4 Å². The van der Waals surface area contributed by atoms with Gasteiger partial charge in [-0.05, 0) is 12.1 Å². The van der Waals surface area contributed by atoms with Gasteiger partial charge >= 0.3 is 103 Å². The van der Waals surface area contributed by atoms with E-state index >= 15 is 0 Å². The fourth-order valence-electron chi connectivity index (χ4n) is 1.86. The van der Waals surface area contributed by atoms with Crippen molar-refractivity contribution in [3.63, 3.8) is 0 Å². The van der Waals surface area contributed by atoms with Crippen LogP contribution >= 0.6 is 0 Å². The zero-order valence-electron chi connectivity index (χ0n) is 12.1. The molecule has 0 spiro atoms. The molecule has 0 aliphatic rings. The zero-order chi connectivity index (χ0) is 13.1. The molecule has 0 aliphatic heterocycles. The van der Waals surface area contributed by atoms with Gasteiger partial charge < -0.3 is 19.7 Å². The van der Waals surface area contributed by atoms with Crippen LogP contribution in [-0.4, -0.2) is 14.2 Å². The summed E-state index contributed by atoms with van der Waals surface area (Å²) < 4.78 is 10.3. The Bertz CT molecular complexity index is 522. The number of hydrogen-bond donors (Lipinski definition) is 0. The van der Waals surface area contributed by atoms with E-state index in [-0.39, 0.29) is 125 Å². The van der Waals surface area contributed by atoms with E-state index in [0.717, 1.165) is 0 Å². The summed E-state index contributed by atoms with van der Waals surface area (Å²) in [4.78, 5) is 0. The monoisotopic (exact) mass is 322 g/mol. The molecule has 0 atom stereocenters. The molecular weight excluding hydrogens is 310 g/mol. The number of rotatable bonds is 3. The van der Waals surface area contributed by atoms with E-state index in [0.29, 0.717) is 11.5 Å². The van der Waals surface area contributed by atoms with E-state index in [1.54, 1.807) is 24.3 Å². The van der Waals surface area contributed by atoms with E-state index in [1.807, 2.05) is 0 Å². The van der Waals surface area contributed by atoms with E-state index in [4.69, 9.17) is 9.47 Å². The van der Waals surface area contributed by atoms with Gasteiger partial charge in [-0.25, -0.2) is 0 Å². The Balaban J connectivity index is 0.00000180. The van der Waals surface area contributed by atoms with Gasteiger partial charge in [0.2, 0.25) is 0 Å². The van der Waals surface area contributed by atoms with Crippen LogP contribution in [0.3, 0.4) is 0 Å². The molecule has 20 heavy (non-hydrogen) atoms. The molecule has 6 heteroatoms. The van der Waals surface area contributed by atoms with Crippen LogP contribution < -0.4 is 122 Å². The smallest absolute Gasteiger partial charge is 0.872 e. The molecule has 0 radical (unpaired) electrons. The predicted molar refractivity (Wildman–Crippen MR) is 63.9 cm³/mol. The average Bonchev–Trinajstić information content (AvgIpc) is 2.38. The largest absolute Gasteiger partial charge is 1.00 e. The molecule has 4 nitrogen and oxygen atoms in total. The third-order valence-corrected chi connectivity index (χ3v) is 2.67. The van der Waals surface area contributed by atoms with E-state index in [1.165, 1.54) is 26.4 Å². The number of methoxy groups -OCH3 is 2. The molecule has 0 heterocycles. The maximum atomic E-state index is 11.9. The van der Waals surface area contributed by atoms with Crippen LogP contribution in [0.4, 0.5) is 0 Å². The minimum Gasteiger partial charge on any atom is -0.872 e. The van der Waals surface area contributed by atoms with Crippen molar-refractivity contribution in [2.45, 2.75) is 0 Å². The van der Waals surface area contributed by atoms with Crippen molar-refractivity contribution < 1.29 is 122 Å². The second kappa shape index (κ2) is 9.83. The molecule has 0 bridgehead atoms. The molecule has 0 amide bonds. The summed E-state index contributed by atoms with van der Waals surface area (Å²) in [6.07, 6.45) is 0. The topological polar surface area (TPSA) is 64.6 Å². The van der Waals surface area contributed by atoms with Gasteiger partial charge in [-0.15, -0.1) is 0 Å². The van der Waals surface area contributed by atoms with Crippen molar-refractivity contribution in [3.8, 4) is 34.1 Å². The second-order valence-corrected chi connectivity index (χ2v) is 3.67. The normalized spacial score (nSPS) is 9.10. The standard InChI is InChI=1S/C14H14O4.2K/c1-17-11-7-3-5-9(15)13(11)14-10(16)6-4-8-12(14)18-2;;/h3-8,15-16H,1-2H3;;/q;2*+1/p-2. The minimum absolute atomic E-state index is 0. The summed E-state index contributed by atoms with van der Waals surface area (Å²) in [5.41, 5.74) is 0.477. The van der Waals surface area contributed by atoms with Crippen molar-refractivity contribution in [1.29, 1.82) is 0 Å². The van der Waals surface area contributed by atoms with Crippen molar-refractivity contribution in [1.82, 2.24) is 0 Å². The van der Waals surface area contributed by atoms with Gasteiger partial charge in [-0.2, -0.15) is 0 Å². The predicted octanol–water partition coefficient (Wildman–Crippen LogP) is -4.47. The van der Waals surface area contributed by atoms with Gasteiger partial charge in [-0.3, -0.25) is 0 Å². The first-order valence-electron chi connectivity index (χ1n) is 5.37. The summed E-state index contributed by atoms with van der Waals surface area (Å²) in [6.45, 7) is 0. The number of hydrogen-bond acceptors (Lipinski definition) is 4. The molecule has 0 unspecified atom stereocenters. The van der Waals surface area contributed by atoms with E-state index in [9.17, 15) is 10.2 Å². The first-order chi connectivity index (χ1) is 8.69. The van der Waals surface area contributed by atoms with Gasteiger partial charge in [0.15, 0.2) is 0 Å². The van der Waals surface area contributed by atoms with Gasteiger partial charge in [0.25, 0.3) is 0 Å². The summed E-state index contributed by atoms with van der Waals surface area (Å²) >= 11 is 0. The zero-order valence-corrected chi connectivity index (χ0v) is 18.3. The summed E-state index contributed by atoms with van der Waals surface area (Å²) in [5.74, 6) is 0.195. The molecule has 0 aromatic heterocycles. The Morgan fingerprint density at radius 3 is 1.35 bits per heavy atom. The molecule has 0 aliphatic carbocycles. The molecule has 2 aromatic rings. The molecular formula is C14H12K2O4. The Hall–Kier alpha value is 0.913. The number of benzene rings is 2. The summed E-state index contributed by atoms with van der Waals surface area (Å²) in [5, 5.41) is 23.9. The quantitative estimate of drug-likeness (QED) is 0.535. The maximum absolute atomic E-state index is 11.9. The van der Waals surface area contributed by atoms with Crippen LogP contribution in [0.1, 0.15) is 0 Å². The second-order valence-electron chi connectivity index (χ2n) is 3.67. The minimum atomic E-state index is -0.268. The maximum Gasteiger partial charge on any atom is 1.00 e. The first-order valence-corrected chi connectivity index (χ1v) is 5.37. The molecule has 0 saturated carbocycles. The molecule has 0 N–H and O–H groups in total. The van der Waals surface area contributed by atoms with Crippen molar-refractivity contribution in [3.05, 3.63) is 36.4 Å². The summed E-state index contributed by atoms with van der Waals surface area (Å²) in [6, 6.07) is 9.24. The van der Waals surface area contributed by atoms with E-state index < -0.39 is 0 Å². The van der Waals surface area contributed by atoms with Gasteiger partial charge in [0, 0.05) is 11.1 Å². The number of ether oxygens (including phenoxy) is 2. The molecule has 2 aromatic carbocycles. The van der Waals surface area contributed by atoms with Crippen LogP contribution in [0.25, 0.3) is 11.1 Å². The van der Waals surface area contributed by atoms with Gasteiger partial charge in [-0.1, -0.05) is 35.8 Å². The van der Waals surface area contributed by atoms with Crippen LogP contribution in [0.5, 0.6) is 23.0 Å². The third-order valence-electron chi connectivity index (χ3n) is 2.67. The Kier molecular flexibility index (Phi) is 10.3. The van der Waals surface area contributed by atoms with Crippen LogP contribution in [0, 0.1) is 0 Å². The molecule has 0 saturated heterocycles. The Labute approximate surface area is 203 Å². The van der Waals surface area contributed by atoms with Crippen LogP contribution in [-0.2, 0) is 0 Å². The van der Waals surface area contributed by atoms with Crippen molar-refractivity contribution in [2.24, 2.45) is 0 Å². The first kappa shape index (κ1) is 20.9. The van der Waals surface area contributed by atoms with E-state index in [2.05, 4.69) is 0 Å². The SMILES string of the molecule is COc1cccc([O-])c1-c1c([O-])cccc1OC.[K+].[K+]. The van der Waals surface area contributed by atoms with Gasteiger partial charge in [0.05, 0.1) is 14.2 Å². The van der Waals surface area contributed by atoms with Crippen LogP contribution in [0.2, 0.25) is 0 Å². The Morgan fingerprint density at radius 2 is 1.05 bits per heavy atom. The average molecular weight is 322 g/mol. The summed E-state index contributed by atoms with van der Waals surface area (Å²) in [7, 11) is 2.91. The molecule has 2 rings (SSSR count).